The largest absolute Gasteiger partial charge is 0.390 e. The molecular weight excluding hydrogens is 186 g/mol. The van der Waals surface area contributed by atoms with E-state index < -0.39 is 5.60 Å². The molecule has 80 valence electrons. The second-order valence-corrected chi connectivity index (χ2v) is 4.74. The number of hydrogen-bond donors (Lipinski definition) is 1. The third kappa shape index (κ3) is 2.05. The molecule has 0 spiro atoms. The number of aliphatic hydroxyl groups is 1. The van der Waals surface area contributed by atoms with Crippen LogP contribution in [-0.4, -0.2) is 15.3 Å². The first-order valence-corrected chi connectivity index (χ1v) is 5.23. The number of fused-ring (bicyclic) bond motifs is 1. The molecule has 0 atom stereocenters. The van der Waals surface area contributed by atoms with Crippen LogP contribution in [0.25, 0.3) is 10.9 Å². The first-order valence-electron chi connectivity index (χ1n) is 5.23. The summed E-state index contributed by atoms with van der Waals surface area (Å²) in [6.07, 6.45) is 0.679. The van der Waals surface area contributed by atoms with Crippen molar-refractivity contribution in [3.8, 4) is 0 Å². The van der Waals surface area contributed by atoms with Gasteiger partial charge in [-0.3, -0.25) is 0 Å². The minimum absolute atomic E-state index is 0.651. The van der Waals surface area contributed by atoms with E-state index in [0.717, 1.165) is 0 Å². The van der Waals surface area contributed by atoms with Crippen molar-refractivity contribution in [1.29, 1.82) is 0 Å². The summed E-state index contributed by atoms with van der Waals surface area (Å²) in [5.41, 5.74) is 1.74. The number of hydrogen-bond acceptors (Lipinski definition) is 1. The second-order valence-electron chi connectivity index (χ2n) is 4.74. The van der Waals surface area contributed by atoms with Gasteiger partial charge in [-0.25, -0.2) is 0 Å². The smallest absolute Gasteiger partial charge is 0.0646 e. The van der Waals surface area contributed by atoms with Gasteiger partial charge in [0.25, 0.3) is 0 Å². The van der Waals surface area contributed by atoms with Gasteiger partial charge in [-0.2, -0.15) is 0 Å². The molecule has 1 aromatic carbocycles. The predicted molar refractivity (Wildman–Crippen MR) is 62.9 cm³/mol. The van der Waals surface area contributed by atoms with E-state index in [9.17, 15) is 5.11 Å². The van der Waals surface area contributed by atoms with Crippen LogP contribution in [0.15, 0.2) is 30.3 Å². The van der Waals surface area contributed by atoms with E-state index in [2.05, 4.69) is 22.8 Å². The van der Waals surface area contributed by atoms with Crippen LogP contribution in [0.2, 0.25) is 0 Å². The Hall–Kier alpha value is -1.28. The molecule has 0 radical (unpaired) electrons. The average Bonchev–Trinajstić information content (AvgIpc) is 2.42. The van der Waals surface area contributed by atoms with Crippen molar-refractivity contribution in [3.63, 3.8) is 0 Å². The Morgan fingerprint density at radius 1 is 1.27 bits per heavy atom. The molecule has 15 heavy (non-hydrogen) atoms. The fourth-order valence-corrected chi connectivity index (χ4v) is 1.96. The van der Waals surface area contributed by atoms with Crippen LogP contribution in [0.3, 0.4) is 0 Å². The van der Waals surface area contributed by atoms with Crippen LogP contribution in [-0.2, 0) is 13.5 Å². The number of aryl methyl sites for hydroxylation is 1. The molecule has 0 aliphatic rings. The monoisotopic (exact) mass is 203 g/mol. The summed E-state index contributed by atoms with van der Waals surface area (Å²) in [4.78, 5) is 0. The van der Waals surface area contributed by atoms with E-state index in [1.807, 2.05) is 33.0 Å². The van der Waals surface area contributed by atoms with Crippen LogP contribution in [0, 0.1) is 0 Å². The van der Waals surface area contributed by atoms with Gasteiger partial charge in [-0.15, -0.1) is 0 Å². The van der Waals surface area contributed by atoms with Crippen LogP contribution in [0.5, 0.6) is 0 Å². The van der Waals surface area contributed by atoms with Gasteiger partial charge < -0.3 is 9.67 Å². The number of nitrogens with zero attached hydrogens (tertiary/aromatic N) is 1. The molecule has 2 aromatic rings. The molecule has 2 heteroatoms. The van der Waals surface area contributed by atoms with Crippen molar-refractivity contribution in [2.75, 3.05) is 0 Å². The predicted octanol–water partition coefficient (Wildman–Crippen LogP) is 2.49. The highest BCUT2D eigenvalue weighted by Crippen LogP contribution is 2.21. The summed E-state index contributed by atoms with van der Waals surface area (Å²) in [6.45, 7) is 3.68. The Morgan fingerprint density at radius 3 is 2.53 bits per heavy atom. The van der Waals surface area contributed by atoms with Crippen molar-refractivity contribution in [2.45, 2.75) is 25.9 Å². The van der Waals surface area contributed by atoms with Gasteiger partial charge in [0.05, 0.1) is 5.60 Å². The highest BCUT2D eigenvalue weighted by molar-refractivity contribution is 5.81. The van der Waals surface area contributed by atoms with Gasteiger partial charge >= 0.3 is 0 Å². The molecule has 0 unspecified atom stereocenters. The van der Waals surface area contributed by atoms with E-state index in [1.165, 1.54) is 16.6 Å². The summed E-state index contributed by atoms with van der Waals surface area (Å²) in [5.74, 6) is 0. The lowest BCUT2D eigenvalue weighted by atomic mass is 10.0. The normalized spacial score (nSPS) is 12.3. The lowest BCUT2D eigenvalue weighted by molar-refractivity contribution is 0.0793. The summed E-state index contributed by atoms with van der Waals surface area (Å²) in [6, 6.07) is 10.4. The van der Waals surface area contributed by atoms with E-state index in [4.69, 9.17) is 0 Å². The van der Waals surface area contributed by atoms with Crippen molar-refractivity contribution in [2.24, 2.45) is 7.05 Å². The molecule has 1 heterocycles. The van der Waals surface area contributed by atoms with Crippen molar-refractivity contribution >= 4 is 10.9 Å². The van der Waals surface area contributed by atoms with Crippen LogP contribution in [0.4, 0.5) is 0 Å². The molecular formula is C13H17NO. The van der Waals surface area contributed by atoms with E-state index in [0.29, 0.717) is 6.42 Å². The maximum Gasteiger partial charge on any atom is 0.0646 e. The minimum atomic E-state index is -0.651. The third-order valence-corrected chi connectivity index (χ3v) is 2.66. The Bertz CT molecular complexity index is 477. The van der Waals surface area contributed by atoms with E-state index in [1.54, 1.807) is 0 Å². The molecule has 0 aliphatic carbocycles. The maximum atomic E-state index is 9.81. The topological polar surface area (TPSA) is 25.2 Å². The van der Waals surface area contributed by atoms with Gasteiger partial charge in [-0.05, 0) is 31.4 Å². The number of aromatic nitrogens is 1. The summed E-state index contributed by atoms with van der Waals surface area (Å²) in [5, 5.41) is 11.0. The van der Waals surface area contributed by atoms with E-state index >= 15 is 0 Å². The number of benzene rings is 1. The Labute approximate surface area is 90.2 Å². The molecule has 0 saturated heterocycles. The minimum Gasteiger partial charge on any atom is -0.390 e. The molecule has 1 aromatic heterocycles. The molecule has 1 N–H and O–H groups in total. The zero-order chi connectivity index (χ0) is 11.1. The summed E-state index contributed by atoms with van der Waals surface area (Å²) < 4.78 is 2.15. The van der Waals surface area contributed by atoms with Gasteiger partial charge in [-0.1, -0.05) is 18.2 Å². The maximum absolute atomic E-state index is 9.81. The molecule has 2 rings (SSSR count). The van der Waals surface area contributed by atoms with Crippen molar-refractivity contribution in [1.82, 2.24) is 4.57 Å². The Balaban J connectivity index is 2.49. The highest BCUT2D eigenvalue weighted by atomic mass is 16.3. The summed E-state index contributed by atoms with van der Waals surface area (Å²) >= 11 is 0. The zero-order valence-corrected chi connectivity index (χ0v) is 9.49. The Morgan fingerprint density at radius 2 is 1.93 bits per heavy atom. The standard InChI is InChI=1S/C13H17NO/c1-13(2,15)9-11-8-10-6-4-5-7-12(10)14(11)3/h4-8,15H,9H2,1-3H3. The average molecular weight is 203 g/mol. The fraction of sp³-hybridized carbons (Fsp3) is 0.385. The van der Waals surface area contributed by atoms with Crippen LogP contribution < -0.4 is 0 Å². The van der Waals surface area contributed by atoms with Crippen molar-refractivity contribution < 1.29 is 5.11 Å². The first kappa shape index (κ1) is 10.2. The molecule has 0 aliphatic heterocycles. The molecule has 0 bridgehead atoms. The zero-order valence-electron chi connectivity index (χ0n) is 9.49. The van der Waals surface area contributed by atoms with Gasteiger partial charge in [0.2, 0.25) is 0 Å². The fourth-order valence-electron chi connectivity index (χ4n) is 1.96. The van der Waals surface area contributed by atoms with E-state index in [-0.39, 0.29) is 0 Å². The summed E-state index contributed by atoms with van der Waals surface area (Å²) in [7, 11) is 2.05. The quantitative estimate of drug-likeness (QED) is 0.797. The lowest BCUT2D eigenvalue weighted by Gasteiger charge is -2.17. The molecule has 0 fully saturated rings. The lowest BCUT2D eigenvalue weighted by Crippen LogP contribution is -2.23. The van der Waals surface area contributed by atoms with Gasteiger partial charge in [0.15, 0.2) is 0 Å². The third-order valence-electron chi connectivity index (χ3n) is 2.66. The number of rotatable bonds is 2. The van der Waals surface area contributed by atoms with Crippen LogP contribution >= 0.6 is 0 Å². The first-order chi connectivity index (χ1) is 6.97. The van der Waals surface area contributed by atoms with Crippen molar-refractivity contribution in [3.05, 3.63) is 36.0 Å². The number of para-hydroxylation sites is 1. The molecule has 2 nitrogen and oxygen atoms in total. The molecule has 0 saturated carbocycles. The van der Waals surface area contributed by atoms with Crippen LogP contribution in [0.1, 0.15) is 19.5 Å². The molecule has 0 amide bonds. The van der Waals surface area contributed by atoms with Gasteiger partial charge in [0.1, 0.15) is 0 Å². The van der Waals surface area contributed by atoms with Gasteiger partial charge in [0, 0.05) is 24.7 Å². The Kier molecular flexibility index (Phi) is 2.31. The highest BCUT2D eigenvalue weighted by Gasteiger charge is 2.16. The SMILES string of the molecule is Cn1c(CC(C)(C)O)cc2ccccc21. The second kappa shape index (κ2) is 3.38.